The molecule has 1 aromatic heterocycles. The maximum Gasteiger partial charge on any atom is 0.136 e. The van der Waals surface area contributed by atoms with Crippen LogP contribution in [0.4, 0.5) is 17.1 Å². The molecule has 9 aromatic carbocycles. The average Bonchev–Trinajstić information content (AvgIpc) is 3.83. The lowest BCUT2D eigenvalue weighted by molar-refractivity contribution is 0.669. The molecule has 0 bridgehead atoms. The standard InChI is InChI=1S/C56H36N2O/c57-37-38-19-28-45(29-20-38)58(46-30-25-40(26-31-46)39-21-23-41(24-22-39)42-27-33-51-50-16-8-10-18-54(50)59-55(51)35-42)47-32-34-49-48-15-7-9-17-52(48)56(53(49)36-47,43-11-3-1-4-12-43)44-13-5-2-6-14-44/h1-36H. The van der Waals surface area contributed by atoms with Gasteiger partial charge in [0.2, 0.25) is 0 Å². The number of nitrogens with zero attached hydrogens (tertiary/aromatic N) is 2. The van der Waals surface area contributed by atoms with Crippen LogP contribution in [-0.2, 0) is 5.41 Å². The zero-order valence-corrected chi connectivity index (χ0v) is 32.1. The third-order valence-corrected chi connectivity index (χ3v) is 12.0. The average molecular weight is 753 g/mol. The highest BCUT2D eigenvalue weighted by atomic mass is 16.3. The second kappa shape index (κ2) is 13.9. The molecule has 0 radical (unpaired) electrons. The van der Waals surface area contributed by atoms with E-state index in [-0.39, 0.29) is 0 Å². The molecule has 3 nitrogen and oxygen atoms in total. The van der Waals surface area contributed by atoms with Crippen LogP contribution in [-0.4, -0.2) is 0 Å². The molecular weight excluding hydrogens is 717 g/mol. The molecule has 11 rings (SSSR count). The highest BCUT2D eigenvalue weighted by Crippen LogP contribution is 2.57. The number of fused-ring (bicyclic) bond motifs is 6. The van der Waals surface area contributed by atoms with Crippen molar-refractivity contribution in [1.82, 2.24) is 0 Å². The number of hydrogen-bond donors (Lipinski definition) is 0. The Labute approximate surface area is 343 Å². The minimum atomic E-state index is -0.519. The molecule has 0 aliphatic heterocycles. The predicted octanol–water partition coefficient (Wildman–Crippen LogP) is 14.6. The van der Waals surface area contributed by atoms with Crippen molar-refractivity contribution in [3.8, 4) is 39.4 Å². The van der Waals surface area contributed by atoms with E-state index in [4.69, 9.17) is 4.42 Å². The molecule has 0 saturated carbocycles. The van der Waals surface area contributed by atoms with Crippen molar-refractivity contribution in [3.05, 3.63) is 246 Å². The van der Waals surface area contributed by atoms with Crippen molar-refractivity contribution in [2.45, 2.75) is 5.41 Å². The van der Waals surface area contributed by atoms with Crippen molar-refractivity contribution < 1.29 is 4.42 Å². The number of benzene rings is 9. The van der Waals surface area contributed by atoms with Gasteiger partial charge in [-0.3, -0.25) is 0 Å². The van der Waals surface area contributed by atoms with E-state index >= 15 is 0 Å². The molecule has 1 aliphatic carbocycles. The van der Waals surface area contributed by atoms with Crippen LogP contribution in [0.2, 0.25) is 0 Å². The Hall–Kier alpha value is -7.93. The Morgan fingerprint density at radius 3 is 1.58 bits per heavy atom. The summed E-state index contributed by atoms with van der Waals surface area (Å²) in [6.45, 7) is 0. The predicted molar refractivity (Wildman–Crippen MR) is 241 cm³/mol. The molecule has 0 spiro atoms. The highest BCUT2D eigenvalue weighted by Gasteiger charge is 2.46. The number of nitriles is 1. The van der Waals surface area contributed by atoms with Crippen LogP contribution in [0.5, 0.6) is 0 Å². The van der Waals surface area contributed by atoms with Gasteiger partial charge in [-0.05, 0) is 122 Å². The van der Waals surface area contributed by atoms with Crippen LogP contribution in [0.3, 0.4) is 0 Å². The summed E-state index contributed by atoms with van der Waals surface area (Å²) in [4.78, 5) is 2.30. The summed E-state index contributed by atoms with van der Waals surface area (Å²) in [5.41, 5.74) is 16.9. The highest BCUT2D eigenvalue weighted by molar-refractivity contribution is 6.06. The molecule has 0 atom stereocenters. The van der Waals surface area contributed by atoms with E-state index in [0.29, 0.717) is 5.56 Å². The van der Waals surface area contributed by atoms with Gasteiger partial charge in [0.1, 0.15) is 11.2 Å². The van der Waals surface area contributed by atoms with Crippen molar-refractivity contribution in [1.29, 1.82) is 5.26 Å². The third kappa shape index (κ3) is 5.57. The smallest absolute Gasteiger partial charge is 0.136 e. The fourth-order valence-electron chi connectivity index (χ4n) is 9.27. The van der Waals surface area contributed by atoms with Crippen molar-refractivity contribution in [3.63, 3.8) is 0 Å². The van der Waals surface area contributed by atoms with Crippen LogP contribution in [0.25, 0.3) is 55.3 Å². The Bertz CT molecular complexity index is 3150. The fraction of sp³-hybridized carbons (Fsp3) is 0.0179. The minimum absolute atomic E-state index is 0.519. The van der Waals surface area contributed by atoms with E-state index in [2.05, 4.69) is 193 Å². The van der Waals surface area contributed by atoms with Gasteiger partial charge in [0.15, 0.2) is 0 Å². The second-order valence-corrected chi connectivity index (χ2v) is 15.2. The number of rotatable bonds is 7. The normalized spacial score (nSPS) is 12.5. The van der Waals surface area contributed by atoms with E-state index in [1.165, 1.54) is 33.4 Å². The molecule has 1 heterocycles. The van der Waals surface area contributed by atoms with Gasteiger partial charge in [0, 0.05) is 27.8 Å². The monoisotopic (exact) mass is 752 g/mol. The summed E-state index contributed by atoms with van der Waals surface area (Å²) in [7, 11) is 0. The van der Waals surface area contributed by atoms with Crippen LogP contribution >= 0.6 is 0 Å². The van der Waals surface area contributed by atoms with Gasteiger partial charge in [-0.15, -0.1) is 0 Å². The maximum atomic E-state index is 9.69. The van der Waals surface area contributed by atoms with Crippen molar-refractivity contribution in [2.75, 3.05) is 4.90 Å². The molecule has 0 saturated heterocycles. The Kier molecular flexibility index (Phi) is 8.10. The summed E-state index contributed by atoms with van der Waals surface area (Å²) in [6.07, 6.45) is 0. The minimum Gasteiger partial charge on any atom is -0.456 e. The largest absolute Gasteiger partial charge is 0.456 e. The van der Waals surface area contributed by atoms with Crippen LogP contribution in [0.1, 0.15) is 27.8 Å². The van der Waals surface area contributed by atoms with E-state index in [1.54, 1.807) is 0 Å². The van der Waals surface area contributed by atoms with Gasteiger partial charge in [0.25, 0.3) is 0 Å². The number of para-hydroxylation sites is 1. The summed E-state index contributed by atoms with van der Waals surface area (Å²) in [6, 6.07) is 79.9. The van der Waals surface area contributed by atoms with Gasteiger partial charge in [-0.25, -0.2) is 0 Å². The van der Waals surface area contributed by atoms with Gasteiger partial charge >= 0.3 is 0 Å². The topological polar surface area (TPSA) is 40.2 Å². The molecular formula is C56H36N2O. The lowest BCUT2D eigenvalue weighted by Gasteiger charge is -2.35. The lowest BCUT2D eigenvalue weighted by Crippen LogP contribution is -2.28. The third-order valence-electron chi connectivity index (χ3n) is 12.0. The summed E-state index contributed by atoms with van der Waals surface area (Å²) in [5.74, 6) is 0. The van der Waals surface area contributed by atoms with E-state index in [9.17, 15) is 5.26 Å². The van der Waals surface area contributed by atoms with Gasteiger partial charge in [-0.1, -0.05) is 152 Å². The zero-order chi connectivity index (χ0) is 39.3. The zero-order valence-electron chi connectivity index (χ0n) is 32.1. The molecule has 3 heteroatoms. The molecule has 0 fully saturated rings. The Morgan fingerprint density at radius 2 is 0.898 bits per heavy atom. The SMILES string of the molecule is N#Cc1ccc(N(c2ccc(-c3ccc(-c4ccc5c(c4)oc4ccccc45)cc3)cc2)c2ccc3c(c2)C(c2ccccc2)(c2ccccc2)c2ccccc2-3)cc1. The quantitative estimate of drug-likeness (QED) is 0.163. The first kappa shape index (κ1) is 34.3. The van der Waals surface area contributed by atoms with Gasteiger partial charge in [0.05, 0.1) is 17.0 Å². The Balaban J connectivity index is 0.997. The number of furan rings is 1. The molecule has 1 aliphatic rings. The van der Waals surface area contributed by atoms with Crippen LogP contribution in [0, 0.1) is 11.3 Å². The summed E-state index contributed by atoms with van der Waals surface area (Å²) >= 11 is 0. The molecule has 276 valence electrons. The first-order chi connectivity index (χ1) is 29.2. The first-order valence-corrected chi connectivity index (χ1v) is 20.0. The van der Waals surface area contributed by atoms with Crippen LogP contribution in [0.15, 0.2) is 223 Å². The lowest BCUT2D eigenvalue weighted by atomic mass is 9.67. The van der Waals surface area contributed by atoms with E-state index in [1.807, 2.05) is 36.4 Å². The molecule has 10 aromatic rings. The fourth-order valence-corrected chi connectivity index (χ4v) is 9.27. The van der Waals surface area contributed by atoms with E-state index in [0.717, 1.165) is 61.3 Å². The van der Waals surface area contributed by atoms with E-state index < -0.39 is 5.41 Å². The van der Waals surface area contributed by atoms with Gasteiger partial charge < -0.3 is 9.32 Å². The second-order valence-electron chi connectivity index (χ2n) is 15.2. The number of hydrogen-bond acceptors (Lipinski definition) is 3. The first-order valence-electron chi connectivity index (χ1n) is 20.0. The van der Waals surface area contributed by atoms with Crippen LogP contribution < -0.4 is 4.90 Å². The molecule has 0 unspecified atom stereocenters. The van der Waals surface area contributed by atoms with Crippen molar-refractivity contribution >= 4 is 39.0 Å². The van der Waals surface area contributed by atoms with Gasteiger partial charge in [-0.2, -0.15) is 5.26 Å². The summed E-state index contributed by atoms with van der Waals surface area (Å²) in [5, 5.41) is 12.0. The van der Waals surface area contributed by atoms with Crippen molar-refractivity contribution in [2.24, 2.45) is 0 Å². The number of anilines is 3. The Morgan fingerprint density at radius 1 is 0.390 bits per heavy atom. The summed E-state index contributed by atoms with van der Waals surface area (Å²) < 4.78 is 6.18. The molecule has 59 heavy (non-hydrogen) atoms. The molecule has 0 N–H and O–H groups in total. The molecule has 0 amide bonds. The maximum absolute atomic E-state index is 9.69.